The van der Waals surface area contributed by atoms with Crippen molar-refractivity contribution in [1.82, 2.24) is 4.90 Å². The van der Waals surface area contributed by atoms with E-state index >= 15 is 0 Å². The van der Waals surface area contributed by atoms with Crippen molar-refractivity contribution in [3.05, 3.63) is 29.8 Å². The number of phenols is 1. The van der Waals surface area contributed by atoms with E-state index in [1.54, 1.807) is 6.07 Å². The van der Waals surface area contributed by atoms with Crippen LogP contribution in [0, 0.1) is 0 Å². The minimum absolute atomic E-state index is 0.378. The van der Waals surface area contributed by atoms with Crippen LogP contribution in [-0.4, -0.2) is 35.8 Å². The molecule has 3 heteroatoms. The van der Waals surface area contributed by atoms with E-state index in [1.807, 2.05) is 18.2 Å². The Bertz CT molecular complexity index is 375. The summed E-state index contributed by atoms with van der Waals surface area (Å²) >= 11 is 0. The Morgan fingerprint density at radius 3 is 2.89 bits per heavy atom. The molecule has 0 aliphatic carbocycles. The summed E-state index contributed by atoms with van der Waals surface area (Å²) < 4.78 is 5.73. The first-order valence-corrected chi connectivity index (χ1v) is 7.40. The first-order chi connectivity index (χ1) is 9.29. The minimum atomic E-state index is 0.378. The van der Waals surface area contributed by atoms with E-state index in [9.17, 15) is 5.11 Å². The molecule has 1 heterocycles. The summed E-state index contributed by atoms with van der Waals surface area (Å²) in [6, 6.07) is 7.62. The molecule has 1 aliphatic rings. The Kier molecular flexibility index (Phi) is 5.67. The molecule has 1 unspecified atom stereocenters. The van der Waals surface area contributed by atoms with Crippen molar-refractivity contribution < 1.29 is 9.84 Å². The molecule has 3 nitrogen and oxygen atoms in total. The predicted octanol–water partition coefficient (Wildman–Crippen LogP) is 3.17. The Hall–Kier alpha value is -1.06. The standard InChI is InChI=1S/C16H25NO2/c1-2-3-10-17(13-15-8-6-11-19-15)12-14-7-4-5-9-16(14)18/h4-5,7,9,15,18H,2-3,6,8,10-13H2,1H3. The van der Waals surface area contributed by atoms with Gasteiger partial charge in [0.05, 0.1) is 6.10 Å². The third-order valence-corrected chi connectivity index (χ3v) is 3.70. The van der Waals surface area contributed by atoms with Gasteiger partial charge < -0.3 is 9.84 Å². The van der Waals surface area contributed by atoms with Crippen molar-refractivity contribution in [3.8, 4) is 5.75 Å². The summed E-state index contributed by atoms with van der Waals surface area (Å²) in [6.45, 7) is 5.98. The number of hydrogen-bond acceptors (Lipinski definition) is 3. The van der Waals surface area contributed by atoms with Gasteiger partial charge in [-0.15, -0.1) is 0 Å². The number of unbranched alkanes of at least 4 members (excludes halogenated alkanes) is 1. The minimum Gasteiger partial charge on any atom is -0.508 e. The zero-order valence-corrected chi connectivity index (χ0v) is 11.8. The SMILES string of the molecule is CCCCN(Cc1ccccc1O)CC1CCCO1. The quantitative estimate of drug-likeness (QED) is 0.820. The van der Waals surface area contributed by atoms with Crippen LogP contribution in [0.2, 0.25) is 0 Å². The highest BCUT2D eigenvalue weighted by Gasteiger charge is 2.19. The summed E-state index contributed by atoms with van der Waals surface area (Å²) in [6.07, 6.45) is 5.12. The maximum absolute atomic E-state index is 9.89. The highest BCUT2D eigenvalue weighted by Crippen LogP contribution is 2.20. The number of para-hydroxylation sites is 1. The molecular formula is C16H25NO2. The second kappa shape index (κ2) is 7.51. The van der Waals surface area contributed by atoms with Crippen LogP contribution in [0.15, 0.2) is 24.3 Å². The molecule has 0 amide bonds. The lowest BCUT2D eigenvalue weighted by Gasteiger charge is -2.25. The lowest BCUT2D eigenvalue weighted by molar-refractivity contribution is 0.0698. The van der Waals surface area contributed by atoms with Crippen LogP contribution in [0.1, 0.15) is 38.2 Å². The van der Waals surface area contributed by atoms with Gasteiger partial charge in [0.1, 0.15) is 5.75 Å². The van der Waals surface area contributed by atoms with E-state index < -0.39 is 0 Å². The smallest absolute Gasteiger partial charge is 0.120 e. The van der Waals surface area contributed by atoms with Gasteiger partial charge in [-0.1, -0.05) is 31.5 Å². The molecule has 1 aromatic rings. The van der Waals surface area contributed by atoms with E-state index in [1.165, 1.54) is 25.7 Å². The Morgan fingerprint density at radius 2 is 2.21 bits per heavy atom. The molecule has 1 aliphatic heterocycles. The van der Waals surface area contributed by atoms with E-state index in [0.29, 0.717) is 11.9 Å². The summed E-state index contributed by atoms with van der Waals surface area (Å²) in [4.78, 5) is 2.41. The molecule has 0 radical (unpaired) electrons. The zero-order valence-electron chi connectivity index (χ0n) is 11.8. The Labute approximate surface area is 116 Å². The van der Waals surface area contributed by atoms with Crippen molar-refractivity contribution in [2.75, 3.05) is 19.7 Å². The predicted molar refractivity (Wildman–Crippen MR) is 77.3 cm³/mol. The van der Waals surface area contributed by atoms with Crippen molar-refractivity contribution in [1.29, 1.82) is 0 Å². The van der Waals surface area contributed by atoms with Crippen LogP contribution >= 0.6 is 0 Å². The number of benzene rings is 1. The third kappa shape index (κ3) is 4.51. The highest BCUT2D eigenvalue weighted by atomic mass is 16.5. The fourth-order valence-corrected chi connectivity index (χ4v) is 2.58. The maximum Gasteiger partial charge on any atom is 0.120 e. The summed E-state index contributed by atoms with van der Waals surface area (Å²) in [5, 5.41) is 9.89. The van der Waals surface area contributed by atoms with Crippen LogP contribution < -0.4 is 0 Å². The lowest BCUT2D eigenvalue weighted by Crippen LogP contribution is -2.32. The molecule has 19 heavy (non-hydrogen) atoms. The molecule has 0 bridgehead atoms. The van der Waals surface area contributed by atoms with Gasteiger partial charge in [-0.3, -0.25) is 4.90 Å². The second-order valence-electron chi connectivity index (χ2n) is 5.35. The summed E-state index contributed by atoms with van der Waals surface area (Å²) in [5.41, 5.74) is 1.01. The number of rotatable bonds is 7. The van der Waals surface area contributed by atoms with Crippen LogP contribution in [0.25, 0.3) is 0 Å². The summed E-state index contributed by atoms with van der Waals surface area (Å²) in [5.74, 6) is 0.399. The second-order valence-corrected chi connectivity index (χ2v) is 5.35. The molecule has 1 fully saturated rings. The maximum atomic E-state index is 9.89. The van der Waals surface area contributed by atoms with Crippen molar-refractivity contribution in [3.63, 3.8) is 0 Å². The largest absolute Gasteiger partial charge is 0.508 e. The average molecular weight is 263 g/mol. The fraction of sp³-hybridized carbons (Fsp3) is 0.625. The molecule has 1 saturated heterocycles. The normalized spacial score (nSPS) is 19.2. The molecule has 0 spiro atoms. The van der Waals surface area contributed by atoms with E-state index in [4.69, 9.17) is 4.74 Å². The van der Waals surface area contributed by atoms with Crippen molar-refractivity contribution in [2.45, 2.75) is 45.3 Å². The van der Waals surface area contributed by atoms with Gasteiger partial charge in [0.2, 0.25) is 0 Å². The summed E-state index contributed by atoms with van der Waals surface area (Å²) in [7, 11) is 0. The topological polar surface area (TPSA) is 32.7 Å². The van der Waals surface area contributed by atoms with Crippen LogP contribution in [0.3, 0.4) is 0 Å². The van der Waals surface area contributed by atoms with Crippen LogP contribution in [0.4, 0.5) is 0 Å². The molecule has 1 atom stereocenters. The van der Waals surface area contributed by atoms with Crippen LogP contribution in [0.5, 0.6) is 5.75 Å². The number of ether oxygens (including phenoxy) is 1. The first-order valence-electron chi connectivity index (χ1n) is 7.40. The van der Waals surface area contributed by atoms with Gasteiger partial charge >= 0.3 is 0 Å². The van der Waals surface area contributed by atoms with E-state index in [0.717, 1.165) is 31.8 Å². The molecular weight excluding hydrogens is 238 g/mol. The van der Waals surface area contributed by atoms with E-state index in [2.05, 4.69) is 11.8 Å². The molecule has 2 rings (SSSR count). The lowest BCUT2D eigenvalue weighted by atomic mass is 10.1. The number of phenolic OH excluding ortho intramolecular Hbond substituents is 1. The van der Waals surface area contributed by atoms with Gasteiger partial charge in [-0.25, -0.2) is 0 Å². The highest BCUT2D eigenvalue weighted by molar-refractivity contribution is 5.31. The number of nitrogens with zero attached hydrogens (tertiary/aromatic N) is 1. The van der Waals surface area contributed by atoms with E-state index in [-0.39, 0.29) is 0 Å². The Balaban J connectivity index is 1.94. The van der Waals surface area contributed by atoms with Crippen LogP contribution in [-0.2, 0) is 11.3 Å². The number of hydrogen-bond donors (Lipinski definition) is 1. The fourth-order valence-electron chi connectivity index (χ4n) is 2.58. The van der Waals surface area contributed by atoms with Crippen molar-refractivity contribution in [2.24, 2.45) is 0 Å². The Morgan fingerprint density at radius 1 is 1.37 bits per heavy atom. The molecule has 0 saturated carbocycles. The monoisotopic (exact) mass is 263 g/mol. The molecule has 1 N–H and O–H groups in total. The molecule has 0 aromatic heterocycles. The van der Waals surface area contributed by atoms with Gasteiger partial charge in [-0.05, 0) is 31.9 Å². The first kappa shape index (κ1) is 14.4. The zero-order chi connectivity index (χ0) is 13.5. The van der Waals surface area contributed by atoms with Gasteiger partial charge in [0.25, 0.3) is 0 Å². The molecule has 106 valence electrons. The van der Waals surface area contributed by atoms with Gasteiger partial charge in [-0.2, -0.15) is 0 Å². The van der Waals surface area contributed by atoms with Gasteiger partial charge in [0, 0.05) is 25.3 Å². The van der Waals surface area contributed by atoms with Gasteiger partial charge in [0.15, 0.2) is 0 Å². The van der Waals surface area contributed by atoms with Crippen molar-refractivity contribution >= 4 is 0 Å². The number of aromatic hydroxyl groups is 1. The third-order valence-electron chi connectivity index (χ3n) is 3.70. The average Bonchev–Trinajstić information content (AvgIpc) is 2.91. The molecule has 1 aromatic carbocycles.